The highest BCUT2D eigenvalue weighted by atomic mass is 19.3. The van der Waals surface area contributed by atoms with Crippen molar-refractivity contribution in [3.05, 3.63) is 57.9 Å². The molecule has 0 radical (unpaired) electrons. The molecule has 3 aromatic rings. The SMILES string of the molecule is CC(Nc1ncnc2c1cc(N1CCN(C3CCN(C)CC3)CC1)c(=O)n2CCCCCCC=O)c1cccc(C(F)(F)C2CCNCC2)c1F. The number of aldehydes is 1. The third-order valence-corrected chi connectivity index (χ3v) is 11.2. The van der Waals surface area contributed by atoms with E-state index < -0.39 is 29.3 Å². The molecule has 0 aliphatic carbocycles. The van der Waals surface area contributed by atoms with E-state index in [1.165, 1.54) is 24.5 Å². The van der Waals surface area contributed by atoms with Crippen LogP contribution in [0.2, 0.25) is 0 Å². The predicted molar refractivity (Wildman–Crippen MR) is 195 cm³/mol. The molecular weight excluding hydrogens is 657 g/mol. The zero-order valence-corrected chi connectivity index (χ0v) is 30.1. The molecule has 0 amide bonds. The van der Waals surface area contributed by atoms with Crippen LogP contribution in [0.1, 0.15) is 81.9 Å². The van der Waals surface area contributed by atoms with E-state index in [9.17, 15) is 9.59 Å². The van der Waals surface area contributed by atoms with Gasteiger partial charge in [-0.2, -0.15) is 0 Å². The van der Waals surface area contributed by atoms with Gasteiger partial charge in [0.15, 0.2) is 0 Å². The van der Waals surface area contributed by atoms with Crippen molar-refractivity contribution < 1.29 is 18.0 Å². The van der Waals surface area contributed by atoms with Crippen molar-refractivity contribution in [1.29, 1.82) is 0 Å². The van der Waals surface area contributed by atoms with Crippen molar-refractivity contribution in [2.24, 2.45) is 5.92 Å². The van der Waals surface area contributed by atoms with Gasteiger partial charge in [0.25, 0.3) is 11.5 Å². The maximum atomic E-state index is 16.0. The summed E-state index contributed by atoms with van der Waals surface area (Å²) in [6.45, 7) is 8.52. The molecule has 6 rings (SSSR count). The van der Waals surface area contributed by atoms with Crippen LogP contribution in [0.5, 0.6) is 0 Å². The van der Waals surface area contributed by atoms with E-state index in [-0.39, 0.29) is 24.0 Å². The van der Waals surface area contributed by atoms with Crippen molar-refractivity contribution in [2.75, 3.05) is 69.6 Å². The summed E-state index contributed by atoms with van der Waals surface area (Å²) in [6.07, 6.45) is 9.03. The van der Waals surface area contributed by atoms with Crippen molar-refractivity contribution in [1.82, 2.24) is 29.7 Å². The number of hydrogen-bond acceptors (Lipinski definition) is 9. The Kier molecular flexibility index (Phi) is 12.3. The van der Waals surface area contributed by atoms with Crippen LogP contribution in [-0.4, -0.2) is 96.1 Å². The molecule has 278 valence electrons. The van der Waals surface area contributed by atoms with E-state index >= 15 is 13.2 Å². The van der Waals surface area contributed by atoms with Crippen molar-refractivity contribution in [2.45, 2.75) is 89.3 Å². The van der Waals surface area contributed by atoms with E-state index in [1.54, 1.807) is 11.5 Å². The Balaban J connectivity index is 1.28. The van der Waals surface area contributed by atoms with Crippen molar-refractivity contribution >= 4 is 28.8 Å². The molecule has 0 spiro atoms. The molecule has 3 aliphatic rings. The summed E-state index contributed by atoms with van der Waals surface area (Å²) in [5.41, 5.74) is 0.489. The lowest BCUT2D eigenvalue weighted by Crippen LogP contribution is -2.53. The third kappa shape index (κ3) is 8.41. The fraction of sp³-hybridized carbons (Fsp3) is 0.632. The number of carbonyl (C=O) groups excluding carboxylic acids is 1. The number of piperidine rings is 2. The number of nitrogens with zero attached hydrogens (tertiary/aromatic N) is 6. The number of hydrogen-bond donors (Lipinski definition) is 2. The van der Waals surface area contributed by atoms with E-state index in [0.717, 1.165) is 84.1 Å². The number of unbranched alkanes of at least 4 members (excludes halogenated alkanes) is 4. The minimum Gasteiger partial charge on any atom is -0.364 e. The van der Waals surface area contributed by atoms with Gasteiger partial charge in [-0.1, -0.05) is 31.0 Å². The standard InChI is InChI=1S/C38H53F3N8O2/c1-27(30-9-8-10-32(34(30)39)38(40,41)28-11-15-42-16-12-28)45-35-31-25-33(48-22-20-47(21-23-48)29-13-18-46(2)19-14-29)37(51)49(36(31)44-26-43-35)17-6-4-3-5-7-24-50/h8-10,24-29,42H,3-7,11-23H2,1-2H3,(H,43,44,45). The van der Waals surface area contributed by atoms with Gasteiger partial charge in [-0.15, -0.1) is 0 Å². The maximum absolute atomic E-state index is 16.0. The predicted octanol–water partition coefficient (Wildman–Crippen LogP) is 5.56. The van der Waals surface area contributed by atoms with Crippen LogP contribution in [0.4, 0.5) is 24.7 Å². The molecule has 1 atom stereocenters. The minimum atomic E-state index is -3.29. The number of fused-ring (bicyclic) bond motifs is 1. The first-order valence-corrected chi connectivity index (χ1v) is 18.8. The Labute approximate surface area is 298 Å². The quantitative estimate of drug-likeness (QED) is 0.165. The average molecular weight is 711 g/mol. The van der Waals surface area contributed by atoms with E-state index in [2.05, 4.69) is 42.3 Å². The Morgan fingerprint density at radius 1 is 1.00 bits per heavy atom. The number of nitrogens with one attached hydrogen (secondary N) is 2. The first-order valence-electron chi connectivity index (χ1n) is 18.8. The zero-order chi connectivity index (χ0) is 36.0. The van der Waals surface area contributed by atoms with Gasteiger partial charge in [-0.05, 0) is 84.7 Å². The molecule has 5 heterocycles. The third-order valence-electron chi connectivity index (χ3n) is 11.2. The van der Waals surface area contributed by atoms with Crippen LogP contribution in [0, 0.1) is 11.7 Å². The second kappa shape index (κ2) is 16.9. The van der Waals surface area contributed by atoms with Gasteiger partial charge in [0.2, 0.25) is 0 Å². The number of aryl methyl sites for hydroxylation is 1. The van der Waals surface area contributed by atoms with Crippen LogP contribution in [0.15, 0.2) is 35.4 Å². The van der Waals surface area contributed by atoms with Gasteiger partial charge in [-0.3, -0.25) is 14.3 Å². The monoisotopic (exact) mass is 710 g/mol. The van der Waals surface area contributed by atoms with Gasteiger partial charge in [0.05, 0.1) is 17.0 Å². The summed E-state index contributed by atoms with van der Waals surface area (Å²) in [4.78, 5) is 41.1. The lowest BCUT2D eigenvalue weighted by atomic mass is 9.86. The summed E-state index contributed by atoms with van der Waals surface area (Å²) in [5.74, 6) is -4.72. The first kappa shape index (κ1) is 37.2. The van der Waals surface area contributed by atoms with Gasteiger partial charge < -0.3 is 25.2 Å². The first-order chi connectivity index (χ1) is 24.7. The number of halogens is 3. The second-order valence-electron chi connectivity index (χ2n) is 14.6. The highest BCUT2D eigenvalue weighted by molar-refractivity contribution is 5.89. The summed E-state index contributed by atoms with van der Waals surface area (Å²) >= 11 is 0. The molecular formula is C38H53F3N8O2. The number of carbonyl (C=O) groups is 1. The van der Waals surface area contributed by atoms with Gasteiger partial charge in [0, 0.05) is 56.7 Å². The van der Waals surface area contributed by atoms with Crippen molar-refractivity contribution in [3.63, 3.8) is 0 Å². The Hall–Kier alpha value is -3.55. The molecule has 51 heavy (non-hydrogen) atoms. The Morgan fingerprint density at radius 2 is 1.73 bits per heavy atom. The Bertz CT molecular complexity index is 1680. The topological polar surface area (TPSA) is 98.6 Å². The molecule has 3 fully saturated rings. The van der Waals surface area contributed by atoms with Crippen LogP contribution in [0.3, 0.4) is 0 Å². The van der Waals surface area contributed by atoms with Crippen LogP contribution >= 0.6 is 0 Å². The maximum Gasteiger partial charge on any atom is 0.278 e. The molecule has 2 aromatic heterocycles. The minimum absolute atomic E-state index is 0.111. The summed E-state index contributed by atoms with van der Waals surface area (Å²) in [6, 6.07) is 5.93. The zero-order valence-electron chi connectivity index (χ0n) is 30.1. The van der Waals surface area contributed by atoms with Gasteiger partial charge >= 0.3 is 0 Å². The highest BCUT2D eigenvalue weighted by Crippen LogP contribution is 2.43. The number of anilines is 2. The van der Waals surface area contributed by atoms with Gasteiger partial charge in [0.1, 0.15) is 35.6 Å². The fourth-order valence-corrected chi connectivity index (χ4v) is 8.08. The van der Waals surface area contributed by atoms with E-state index in [1.807, 2.05) is 6.07 Å². The molecule has 10 nitrogen and oxygen atoms in total. The Morgan fingerprint density at radius 3 is 2.45 bits per heavy atom. The molecule has 1 aromatic carbocycles. The molecule has 0 saturated carbocycles. The molecule has 3 aliphatic heterocycles. The van der Waals surface area contributed by atoms with Crippen LogP contribution in [-0.2, 0) is 17.3 Å². The highest BCUT2D eigenvalue weighted by Gasteiger charge is 2.44. The van der Waals surface area contributed by atoms with E-state index in [4.69, 9.17) is 0 Å². The summed E-state index contributed by atoms with van der Waals surface area (Å²) in [7, 11) is 2.17. The molecule has 0 bridgehead atoms. The largest absolute Gasteiger partial charge is 0.364 e. The number of alkyl halides is 2. The summed E-state index contributed by atoms with van der Waals surface area (Å²) in [5, 5.41) is 7.02. The molecule has 13 heteroatoms. The van der Waals surface area contributed by atoms with Crippen LogP contribution < -0.4 is 21.1 Å². The molecule has 1 unspecified atom stereocenters. The van der Waals surface area contributed by atoms with E-state index in [0.29, 0.717) is 54.6 Å². The number of pyridine rings is 1. The number of likely N-dealkylation sites (tertiary alicyclic amines) is 1. The lowest BCUT2D eigenvalue weighted by molar-refractivity contribution is -0.107. The number of rotatable bonds is 14. The number of aromatic nitrogens is 3. The lowest BCUT2D eigenvalue weighted by Gasteiger charge is -2.42. The number of benzene rings is 1. The fourth-order valence-electron chi connectivity index (χ4n) is 8.08. The van der Waals surface area contributed by atoms with Crippen LogP contribution in [0.25, 0.3) is 11.0 Å². The molecule has 3 saturated heterocycles. The summed E-state index contributed by atoms with van der Waals surface area (Å²) < 4.78 is 49.0. The smallest absolute Gasteiger partial charge is 0.278 e. The second-order valence-corrected chi connectivity index (χ2v) is 14.6. The normalized spacial score (nSPS) is 19.4. The molecule has 2 N–H and O–H groups in total. The van der Waals surface area contributed by atoms with Gasteiger partial charge in [-0.25, -0.2) is 23.1 Å². The van der Waals surface area contributed by atoms with Crippen molar-refractivity contribution in [3.8, 4) is 0 Å². The number of piperazine rings is 1. The average Bonchev–Trinajstić information content (AvgIpc) is 3.14.